The molecular formula is C21H24N2O5S. The minimum absolute atomic E-state index is 0.260. The number of amides is 2. The molecule has 0 aliphatic heterocycles. The number of thiophene rings is 1. The number of hydrogen-bond donors (Lipinski definition) is 2. The predicted octanol–water partition coefficient (Wildman–Crippen LogP) is 3.17. The number of ether oxygens (including phenoxy) is 2. The molecule has 0 saturated carbocycles. The summed E-state index contributed by atoms with van der Waals surface area (Å²) in [6, 6.07) is 6.43. The van der Waals surface area contributed by atoms with E-state index >= 15 is 0 Å². The molecule has 1 heterocycles. The van der Waals surface area contributed by atoms with E-state index in [2.05, 4.69) is 12.2 Å². The van der Waals surface area contributed by atoms with Crippen LogP contribution in [0.25, 0.3) is 0 Å². The first kappa shape index (κ1) is 20.9. The van der Waals surface area contributed by atoms with Crippen molar-refractivity contribution >= 4 is 34.1 Å². The molecule has 1 aliphatic rings. The van der Waals surface area contributed by atoms with Crippen LogP contribution in [0.3, 0.4) is 0 Å². The van der Waals surface area contributed by atoms with Crippen LogP contribution in [-0.2, 0) is 22.4 Å². The van der Waals surface area contributed by atoms with Crippen molar-refractivity contribution in [2.75, 3.05) is 18.5 Å². The summed E-state index contributed by atoms with van der Waals surface area (Å²) in [4.78, 5) is 37.2. The third-order valence-electron chi connectivity index (χ3n) is 4.73. The molecule has 2 aromatic rings. The van der Waals surface area contributed by atoms with Gasteiger partial charge in [-0.15, -0.1) is 11.3 Å². The van der Waals surface area contributed by atoms with Gasteiger partial charge in [-0.3, -0.25) is 9.59 Å². The number of rotatable bonds is 7. The lowest BCUT2D eigenvalue weighted by atomic mass is 9.88. The van der Waals surface area contributed by atoms with Gasteiger partial charge < -0.3 is 20.5 Å². The lowest BCUT2D eigenvalue weighted by molar-refractivity contribution is -0.118. The van der Waals surface area contributed by atoms with Crippen LogP contribution in [0, 0.1) is 5.92 Å². The zero-order valence-corrected chi connectivity index (χ0v) is 17.3. The van der Waals surface area contributed by atoms with Crippen LogP contribution < -0.4 is 15.8 Å². The molecule has 1 atom stereocenters. The van der Waals surface area contributed by atoms with Crippen LogP contribution in [0.1, 0.15) is 51.4 Å². The first-order valence-electron chi connectivity index (χ1n) is 9.53. The Hall–Kier alpha value is -2.87. The Balaban J connectivity index is 1.67. The zero-order valence-electron chi connectivity index (χ0n) is 16.4. The molecule has 2 amide bonds. The molecule has 0 fully saturated rings. The van der Waals surface area contributed by atoms with Gasteiger partial charge >= 0.3 is 5.97 Å². The van der Waals surface area contributed by atoms with Gasteiger partial charge in [0.1, 0.15) is 10.8 Å². The highest BCUT2D eigenvalue weighted by molar-refractivity contribution is 7.17. The van der Waals surface area contributed by atoms with Gasteiger partial charge in [-0.05, 0) is 55.9 Å². The molecule has 0 spiro atoms. The lowest BCUT2D eigenvalue weighted by Crippen LogP contribution is -2.22. The number of nitrogens with one attached hydrogen (secondary N) is 1. The van der Waals surface area contributed by atoms with Crippen LogP contribution in [0.4, 0.5) is 5.00 Å². The summed E-state index contributed by atoms with van der Waals surface area (Å²) in [6.45, 7) is 3.91. The van der Waals surface area contributed by atoms with Crippen molar-refractivity contribution in [3.05, 3.63) is 45.8 Å². The van der Waals surface area contributed by atoms with Gasteiger partial charge in [-0.1, -0.05) is 13.0 Å². The molecule has 0 radical (unpaired) electrons. The maximum absolute atomic E-state index is 12.4. The quantitative estimate of drug-likeness (QED) is 0.674. The Kier molecular flexibility index (Phi) is 6.53. The first-order chi connectivity index (χ1) is 13.9. The van der Waals surface area contributed by atoms with Crippen molar-refractivity contribution in [1.82, 2.24) is 0 Å². The van der Waals surface area contributed by atoms with Crippen LogP contribution in [0.2, 0.25) is 0 Å². The summed E-state index contributed by atoms with van der Waals surface area (Å²) < 4.78 is 10.5. The Labute approximate surface area is 173 Å². The number of primary amides is 1. The molecule has 3 N–H and O–H groups in total. The van der Waals surface area contributed by atoms with Crippen molar-refractivity contribution in [1.29, 1.82) is 0 Å². The largest absolute Gasteiger partial charge is 0.484 e. The summed E-state index contributed by atoms with van der Waals surface area (Å²) in [5, 5.41) is 3.23. The van der Waals surface area contributed by atoms with Crippen LogP contribution in [0.5, 0.6) is 5.75 Å². The second-order valence-corrected chi connectivity index (χ2v) is 8.11. The number of anilines is 1. The van der Waals surface area contributed by atoms with Crippen LogP contribution >= 0.6 is 11.3 Å². The average molecular weight is 416 g/mol. The summed E-state index contributed by atoms with van der Waals surface area (Å²) in [5.41, 5.74) is 7.29. The highest BCUT2D eigenvalue weighted by atomic mass is 32.1. The summed E-state index contributed by atoms with van der Waals surface area (Å²) in [6.07, 6.45) is 2.67. The van der Waals surface area contributed by atoms with Crippen molar-refractivity contribution in [3.63, 3.8) is 0 Å². The van der Waals surface area contributed by atoms with E-state index in [0.717, 1.165) is 29.7 Å². The fourth-order valence-electron chi connectivity index (χ4n) is 3.34. The minimum atomic E-state index is -0.532. The van der Waals surface area contributed by atoms with Crippen molar-refractivity contribution < 1.29 is 23.9 Å². The molecule has 1 aromatic heterocycles. The van der Waals surface area contributed by atoms with E-state index in [1.54, 1.807) is 25.1 Å². The maximum Gasteiger partial charge on any atom is 0.338 e. The fraction of sp³-hybridized carbons (Fsp3) is 0.381. The second kappa shape index (κ2) is 9.09. The highest BCUT2D eigenvalue weighted by Gasteiger charge is 2.27. The number of hydrogen-bond acceptors (Lipinski definition) is 6. The van der Waals surface area contributed by atoms with Gasteiger partial charge in [-0.2, -0.15) is 0 Å². The molecular weight excluding hydrogens is 392 g/mol. The van der Waals surface area contributed by atoms with Gasteiger partial charge in [0.25, 0.3) is 11.8 Å². The Bertz CT molecular complexity index is 937. The summed E-state index contributed by atoms with van der Waals surface area (Å²) >= 11 is 1.41. The number of nitrogens with two attached hydrogens (primary N) is 1. The molecule has 7 nitrogen and oxygen atoms in total. The standard InChI is InChI=1S/C21H24N2O5S/c1-3-27-21(26)13-5-4-6-14(10-13)28-11-17(24)23-20-18(19(22)25)15-8-7-12(2)9-16(15)29-20/h4-6,10,12H,3,7-9,11H2,1-2H3,(H2,22,25)(H,23,24). The second-order valence-electron chi connectivity index (χ2n) is 7.01. The Morgan fingerprint density at radius 2 is 2.10 bits per heavy atom. The fourth-order valence-corrected chi connectivity index (χ4v) is 4.77. The molecule has 0 saturated heterocycles. The third-order valence-corrected chi connectivity index (χ3v) is 5.90. The van der Waals surface area contributed by atoms with E-state index in [0.29, 0.717) is 27.8 Å². The third kappa shape index (κ3) is 4.95. The van der Waals surface area contributed by atoms with Gasteiger partial charge in [0, 0.05) is 4.88 Å². The monoisotopic (exact) mass is 416 g/mol. The Morgan fingerprint density at radius 1 is 1.31 bits per heavy atom. The van der Waals surface area contributed by atoms with E-state index in [1.165, 1.54) is 17.4 Å². The number of carbonyl (C=O) groups excluding carboxylic acids is 3. The molecule has 1 unspecified atom stereocenters. The molecule has 0 bridgehead atoms. The van der Waals surface area contributed by atoms with E-state index in [9.17, 15) is 14.4 Å². The van der Waals surface area contributed by atoms with Crippen LogP contribution in [0.15, 0.2) is 24.3 Å². The summed E-state index contributed by atoms with van der Waals surface area (Å²) in [5.74, 6) is -0.469. The topological polar surface area (TPSA) is 108 Å². The molecule has 29 heavy (non-hydrogen) atoms. The lowest BCUT2D eigenvalue weighted by Gasteiger charge is -2.18. The predicted molar refractivity (Wildman–Crippen MR) is 111 cm³/mol. The van der Waals surface area contributed by atoms with Gasteiger partial charge in [0.05, 0.1) is 17.7 Å². The van der Waals surface area contributed by atoms with Crippen molar-refractivity contribution in [3.8, 4) is 5.75 Å². The molecule has 1 aromatic carbocycles. The smallest absolute Gasteiger partial charge is 0.338 e. The molecule has 3 rings (SSSR count). The number of esters is 1. The number of benzene rings is 1. The minimum Gasteiger partial charge on any atom is -0.484 e. The van der Waals surface area contributed by atoms with E-state index in [-0.39, 0.29) is 13.2 Å². The van der Waals surface area contributed by atoms with Gasteiger partial charge in [0.2, 0.25) is 0 Å². The zero-order chi connectivity index (χ0) is 21.0. The van der Waals surface area contributed by atoms with Crippen LogP contribution in [-0.4, -0.2) is 31.0 Å². The first-order valence-corrected chi connectivity index (χ1v) is 10.3. The van der Waals surface area contributed by atoms with E-state index < -0.39 is 17.8 Å². The number of fused-ring (bicyclic) bond motifs is 1. The van der Waals surface area contributed by atoms with E-state index in [4.69, 9.17) is 15.2 Å². The number of carbonyl (C=O) groups is 3. The molecule has 1 aliphatic carbocycles. The molecule has 154 valence electrons. The van der Waals surface area contributed by atoms with E-state index in [1.807, 2.05) is 0 Å². The van der Waals surface area contributed by atoms with Crippen molar-refractivity contribution in [2.24, 2.45) is 11.7 Å². The maximum atomic E-state index is 12.4. The highest BCUT2D eigenvalue weighted by Crippen LogP contribution is 2.39. The van der Waals surface area contributed by atoms with Gasteiger partial charge in [0.15, 0.2) is 6.61 Å². The SMILES string of the molecule is CCOC(=O)c1cccc(OCC(=O)Nc2sc3c(c2C(N)=O)CCC(C)C3)c1. The van der Waals surface area contributed by atoms with Gasteiger partial charge in [-0.25, -0.2) is 4.79 Å². The molecule has 8 heteroatoms. The average Bonchev–Trinajstić information content (AvgIpc) is 3.03. The Morgan fingerprint density at radius 3 is 2.83 bits per heavy atom. The normalized spacial score (nSPS) is 15.3. The summed E-state index contributed by atoms with van der Waals surface area (Å²) in [7, 11) is 0. The van der Waals surface area contributed by atoms with Crippen molar-refractivity contribution in [2.45, 2.75) is 33.1 Å².